The maximum Gasteiger partial charge on any atom is 0.175 e. The molecule has 21 heavy (non-hydrogen) atoms. The summed E-state index contributed by atoms with van der Waals surface area (Å²) in [5.41, 5.74) is 2.12. The number of nitrogens with one attached hydrogen (secondary N) is 1. The molecule has 1 N–H and O–H groups in total. The standard InChI is InChI=1S/C15H20N2O2S2/c1-4-16-14(9-15-17-11(2)10-20-15)12-5-7-13(8-6-12)21(3,18)19/h5-8,10,14,16H,4,9H2,1-3H3. The number of nitrogens with zero attached hydrogens (tertiary/aromatic N) is 1. The Hall–Kier alpha value is -1.24. The minimum absolute atomic E-state index is 0.147. The van der Waals surface area contributed by atoms with Gasteiger partial charge in [0.05, 0.1) is 9.90 Å². The van der Waals surface area contributed by atoms with E-state index in [1.54, 1.807) is 23.5 Å². The summed E-state index contributed by atoms with van der Waals surface area (Å²) in [5.74, 6) is 0. The molecular weight excluding hydrogens is 304 g/mol. The van der Waals surface area contributed by atoms with Crippen LogP contribution in [0.15, 0.2) is 34.5 Å². The Morgan fingerprint density at radius 1 is 1.29 bits per heavy atom. The van der Waals surface area contributed by atoms with E-state index in [1.165, 1.54) is 6.26 Å². The number of rotatable bonds is 6. The first kappa shape index (κ1) is 16.1. The average molecular weight is 324 g/mol. The van der Waals surface area contributed by atoms with Crippen LogP contribution >= 0.6 is 11.3 Å². The Bertz CT molecular complexity index is 691. The first-order valence-corrected chi connectivity index (χ1v) is 9.61. The van der Waals surface area contributed by atoms with Crippen molar-refractivity contribution in [2.75, 3.05) is 12.8 Å². The highest BCUT2D eigenvalue weighted by Crippen LogP contribution is 2.22. The summed E-state index contributed by atoms with van der Waals surface area (Å²) in [6, 6.07) is 7.24. The zero-order valence-corrected chi connectivity index (χ0v) is 14.1. The molecule has 0 fully saturated rings. The van der Waals surface area contributed by atoms with E-state index in [2.05, 4.69) is 17.2 Å². The Labute approximate surface area is 130 Å². The lowest BCUT2D eigenvalue weighted by Gasteiger charge is -2.17. The Morgan fingerprint density at radius 3 is 2.43 bits per heavy atom. The summed E-state index contributed by atoms with van der Waals surface area (Å²) in [6.07, 6.45) is 2.03. The first-order valence-electron chi connectivity index (χ1n) is 6.84. The molecule has 114 valence electrons. The van der Waals surface area contributed by atoms with Gasteiger partial charge in [0.2, 0.25) is 0 Å². The van der Waals surface area contributed by atoms with Crippen LogP contribution in [0.4, 0.5) is 0 Å². The predicted octanol–water partition coefficient (Wildman–Crippen LogP) is 2.75. The van der Waals surface area contributed by atoms with Crippen LogP contribution in [0.3, 0.4) is 0 Å². The monoisotopic (exact) mass is 324 g/mol. The number of thiazole rings is 1. The summed E-state index contributed by atoms with van der Waals surface area (Å²) in [4.78, 5) is 4.85. The van der Waals surface area contributed by atoms with Crippen molar-refractivity contribution in [2.45, 2.75) is 31.2 Å². The molecule has 1 unspecified atom stereocenters. The summed E-state index contributed by atoms with van der Waals surface area (Å²) in [6.45, 7) is 4.90. The van der Waals surface area contributed by atoms with Gasteiger partial charge in [-0.25, -0.2) is 13.4 Å². The number of likely N-dealkylation sites (N-methyl/N-ethyl adjacent to an activating group) is 1. The lowest BCUT2D eigenvalue weighted by molar-refractivity contribution is 0.548. The summed E-state index contributed by atoms with van der Waals surface area (Å²) in [7, 11) is -3.14. The molecule has 0 spiro atoms. The molecule has 0 bridgehead atoms. The predicted molar refractivity (Wildman–Crippen MR) is 86.5 cm³/mol. The van der Waals surface area contributed by atoms with Crippen molar-refractivity contribution in [1.29, 1.82) is 0 Å². The summed E-state index contributed by atoms with van der Waals surface area (Å²) in [5, 5.41) is 6.57. The van der Waals surface area contributed by atoms with Crippen molar-refractivity contribution in [3.8, 4) is 0 Å². The molecule has 0 saturated carbocycles. The van der Waals surface area contributed by atoms with Crippen molar-refractivity contribution < 1.29 is 8.42 Å². The fraction of sp³-hybridized carbons (Fsp3) is 0.400. The molecule has 1 aromatic carbocycles. The quantitative estimate of drug-likeness (QED) is 0.887. The van der Waals surface area contributed by atoms with E-state index in [4.69, 9.17) is 0 Å². The summed E-state index contributed by atoms with van der Waals surface area (Å²) >= 11 is 1.66. The van der Waals surface area contributed by atoms with E-state index in [0.717, 1.165) is 29.2 Å². The van der Waals surface area contributed by atoms with Crippen LogP contribution in [0, 0.1) is 6.92 Å². The molecule has 2 aromatic rings. The van der Waals surface area contributed by atoms with Crippen molar-refractivity contribution in [3.63, 3.8) is 0 Å². The zero-order chi connectivity index (χ0) is 15.5. The van der Waals surface area contributed by atoms with Gasteiger partial charge in [0.1, 0.15) is 0 Å². The van der Waals surface area contributed by atoms with E-state index in [0.29, 0.717) is 4.90 Å². The van der Waals surface area contributed by atoms with Crippen LogP contribution < -0.4 is 5.32 Å². The van der Waals surface area contributed by atoms with Crippen LogP contribution in [0.5, 0.6) is 0 Å². The molecule has 4 nitrogen and oxygen atoms in total. The van der Waals surface area contributed by atoms with Gasteiger partial charge < -0.3 is 5.32 Å². The lowest BCUT2D eigenvalue weighted by Crippen LogP contribution is -2.23. The maximum absolute atomic E-state index is 11.5. The molecule has 0 aliphatic carbocycles. The van der Waals surface area contributed by atoms with Crippen molar-refractivity contribution in [3.05, 3.63) is 45.9 Å². The van der Waals surface area contributed by atoms with Crippen LogP contribution in [0.1, 0.15) is 29.2 Å². The Kier molecular flexibility index (Phi) is 5.13. The molecule has 2 rings (SSSR count). The second-order valence-corrected chi connectivity index (χ2v) is 8.00. The molecule has 0 aliphatic rings. The van der Waals surface area contributed by atoms with Gasteiger partial charge in [-0.05, 0) is 31.2 Å². The van der Waals surface area contributed by atoms with Gasteiger partial charge in [0.25, 0.3) is 0 Å². The highest BCUT2D eigenvalue weighted by Gasteiger charge is 2.14. The largest absolute Gasteiger partial charge is 0.310 e. The second-order valence-electron chi connectivity index (χ2n) is 5.04. The van der Waals surface area contributed by atoms with Crippen LogP contribution in [0.25, 0.3) is 0 Å². The minimum atomic E-state index is -3.14. The molecule has 0 saturated heterocycles. The van der Waals surface area contributed by atoms with Crippen LogP contribution in [-0.4, -0.2) is 26.2 Å². The molecule has 6 heteroatoms. The molecule has 0 amide bonds. The van der Waals surface area contributed by atoms with E-state index in [-0.39, 0.29) is 6.04 Å². The van der Waals surface area contributed by atoms with Gasteiger partial charge >= 0.3 is 0 Å². The maximum atomic E-state index is 11.5. The highest BCUT2D eigenvalue weighted by atomic mass is 32.2. The molecular formula is C15H20N2O2S2. The van der Waals surface area contributed by atoms with Gasteiger partial charge in [-0.3, -0.25) is 0 Å². The molecule has 1 heterocycles. The Morgan fingerprint density at radius 2 is 1.95 bits per heavy atom. The summed E-state index contributed by atoms with van der Waals surface area (Å²) < 4.78 is 23.0. The minimum Gasteiger partial charge on any atom is -0.310 e. The average Bonchev–Trinajstić information content (AvgIpc) is 2.83. The van der Waals surface area contributed by atoms with Gasteiger partial charge in [-0.1, -0.05) is 19.1 Å². The van der Waals surface area contributed by atoms with Gasteiger partial charge in [-0.2, -0.15) is 0 Å². The number of aromatic nitrogens is 1. The van der Waals surface area contributed by atoms with Gasteiger partial charge in [0, 0.05) is 29.8 Å². The number of hydrogen-bond donors (Lipinski definition) is 1. The van der Waals surface area contributed by atoms with Crippen molar-refractivity contribution in [1.82, 2.24) is 10.3 Å². The number of sulfone groups is 1. The fourth-order valence-electron chi connectivity index (χ4n) is 2.17. The van der Waals surface area contributed by atoms with Crippen molar-refractivity contribution >= 4 is 21.2 Å². The molecule has 0 radical (unpaired) electrons. The van der Waals surface area contributed by atoms with E-state index in [9.17, 15) is 8.42 Å². The molecule has 1 atom stereocenters. The van der Waals surface area contributed by atoms with E-state index >= 15 is 0 Å². The number of aryl methyl sites for hydroxylation is 1. The van der Waals surface area contributed by atoms with Gasteiger partial charge in [0.15, 0.2) is 9.84 Å². The Balaban J connectivity index is 2.21. The molecule has 1 aromatic heterocycles. The lowest BCUT2D eigenvalue weighted by atomic mass is 10.0. The van der Waals surface area contributed by atoms with E-state index < -0.39 is 9.84 Å². The fourth-order valence-corrected chi connectivity index (χ4v) is 3.62. The van der Waals surface area contributed by atoms with Gasteiger partial charge in [-0.15, -0.1) is 11.3 Å². The van der Waals surface area contributed by atoms with Crippen LogP contribution in [-0.2, 0) is 16.3 Å². The normalized spacial score (nSPS) is 13.3. The highest BCUT2D eigenvalue weighted by molar-refractivity contribution is 7.90. The topological polar surface area (TPSA) is 59.1 Å². The second kappa shape index (κ2) is 6.68. The third kappa shape index (κ3) is 4.36. The molecule has 0 aliphatic heterocycles. The van der Waals surface area contributed by atoms with Crippen molar-refractivity contribution in [2.24, 2.45) is 0 Å². The number of hydrogen-bond acceptors (Lipinski definition) is 5. The third-order valence-electron chi connectivity index (χ3n) is 3.21. The smallest absolute Gasteiger partial charge is 0.175 e. The van der Waals surface area contributed by atoms with Crippen LogP contribution in [0.2, 0.25) is 0 Å². The third-order valence-corrected chi connectivity index (χ3v) is 5.32. The number of benzene rings is 1. The van der Waals surface area contributed by atoms with E-state index in [1.807, 2.05) is 24.4 Å². The zero-order valence-electron chi connectivity index (χ0n) is 12.5. The first-order chi connectivity index (χ1) is 9.90. The SMILES string of the molecule is CCNC(Cc1nc(C)cs1)c1ccc(S(C)(=O)=O)cc1.